The second kappa shape index (κ2) is 6.80. The predicted octanol–water partition coefficient (Wildman–Crippen LogP) is 2.38. The maximum atomic E-state index is 12.7. The fourth-order valence-electron chi connectivity index (χ4n) is 2.80. The molecular formula is C18H18N2O4. The average molecular weight is 326 g/mol. The van der Waals surface area contributed by atoms with E-state index in [0.29, 0.717) is 13.1 Å². The SMILES string of the molecule is CC1CN(C(=O)c2cccc(C(=O)O)n2)CC(c2ccccc2)O1. The molecule has 0 saturated carbocycles. The molecule has 0 bridgehead atoms. The maximum absolute atomic E-state index is 12.7. The summed E-state index contributed by atoms with van der Waals surface area (Å²) in [5.74, 6) is -1.43. The maximum Gasteiger partial charge on any atom is 0.354 e. The molecule has 24 heavy (non-hydrogen) atoms. The fraction of sp³-hybridized carbons (Fsp3) is 0.278. The number of aromatic carboxylic acids is 1. The van der Waals surface area contributed by atoms with E-state index in [1.807, 2.05) is 37.3 Å². The number of hydrogen-bond acceptors (Lipinski definition) is 4. The van der Waals surface area contributed by atoms with E-state index >= 15 is 0 Å². The first-order valence-electron chi connectivity index (χ1n) is 7.74. The van der Waals surface area contributed by atoms with Gasteiger partial charge in [0.05, 0.1) is 12.6 Å². The van der Waals surface area contributed by atoms with E-state index in [1.54, 1.807) is 4.90 Å². The van der Waals surface area contributed by atoms with Gasteiger partial charge in [-0.05, 0) is 24.6 Å². The molecule has 2 heterocycles. The Morgan fingerprint density at radius 3 is 2.50 bits per heavy atom. The largest absolute Gasteiger partial charge is 0.477 e. The number of carbonyl (C=O) groups is 2. The van der Waals surface area contributed by atoms with Gasteiger partial charge in [-0.15, -0.1) is 0 Å². The first kappa shape index (κ1) is 16.1. The highest BCUT2D eigenvalue weighted by Gasteiger charge is 2.30. The lowest BCUT2D eigenvalue weighted by Gasteiger charge is -2.37. The van der Waals surface area contributed by atoms with Crippen LogP contribution in [-0.2, 0) is 4.74 Å². The summed E-state index contributed by atoms with van der Waals surface area (Å²) in [6, 6.07) is 14.2. The van der Waals surface area contributed by atoms with Crippen molar-refractivity contribution >= 4 is 11.9 Å². The molecule has 0 spiro atoms. The van der Waals surface area contributed by atoms with E-state index in [1.165, 1.54) is 18.2 Å². The predicted molar refractivity (Wildman–Crippen MR) is 86.8 cm³/mol. The summed E-state index contributed by atoms with van der Waals surface area (Å²) in [5, 5.41) is 9.03. The molecule has 6 heteroatoms. The third kappa shape index (κ3) is 3.44. The van der Waals surface area contributed by atoms with Gasteiger partial charge in [-0.1, -0.05) is 36.4 Å². The highest BCUT2D eigenvalue weighted by molar-refractivity contribution is 5.94. The zero-order valence-corrected chi connectivity index (χ0v) is 13.3. The van der Waals surface area contributed by atoms with Crippen LogP contribution in [0.3, 0.4) is 0 Å². The molecule has 1 fully saturated rings. The van der Waals surface area contributed by atoms with Crippen molar-refractivity contribution in [2.24, 2.45) is 0 Å². The third-order valence-electron chi connectivity index (χ3n) is 3.91. The number of carboxylic acid groups (broad SMARTS) is 1. The Kier molecular flexibility index (Phi) is 4.57. The molecule has 1 saturated heterocycles. The second-order valence-electron chi connectivity index (χ2n) is 5.77. The highest BCUT2D eigenvalue weighted by Crippen LogP contribution is 2.25. The molecule has 0 aliphatic carbocycles. The lowest BCUT2D eigenvalue weighted by atomic mass is 10.1. The quantitative estimate of drug-likeness (QED) is 0.937. The Labute approximate surface area is 139 Å². The van der Waals surface area contributed by atoms with E-state index in [0.717, 1.165) is 5.56 Å². The summed E-state index contributed by atoms with van der Waals surface area (Å²) < 4.78 is 5.94. The Morgan fingerprint density at radius 2 is 1.79 bits per heavy atom. The number of pyridine rings is 1. The molecule has 6 nitrogen and oxygen atoms in total. The number of amides is 1. The number of hydrogen-bond donors (Lipinski definition) is 1. The topological polar surface area (TPSA) is 79.7 Å². The van der Waals surface area contributed by atoms with Crippen molar-refractivity contribution in [2.75, 3.05) is 13.1 Å². The minimum absolute atomic E-state index is 0.115. The summed E-state index contributed by atoms with van der Waals surface area (Å²) in [6.07, 6.45) is -0.322. The fourth-order valence-corrected chi connectivity index (χ4v) is 2.80. The van der Waals surface area contributed by atoms with E-state index in [9.17, 15) is 9.59 Å². The molecule has 0 radical (unpaired) electrons. The summed E-state index contributed by atoms with van der Waals surface area (Å²) in [4.78, 5) is 29.4. The molecule has 2 aromatic rings. The van der Waals surface area contributed by atoms with Crippen molar-refractivity contribution in [1.82, 2.24) is 9.88 Å². The van der Waals surface area contributed by atoms with Gasteiger partial charge in [0.1, 0.15) is 17.5 Å². The number of ether oxygens (including phenoxy) is 1. The van der Waals surface area contributed by atoms with Gasteiger partial charge in [-0.25, -0.2) is 9.78 Å². The van der Waals surface area contributed by atoms with Gasteiger partial charge < -0.3 is 14.7 Å². The summed E-state index contributed by atoms with van der Waals surface area (Å²) in [6.45, 7) is 2.77. The first-order chi connectivity index (χ1) is 11.5. The van der Waals surface area contributed by atoms with Crippen LogP contribution in [0, 0.1) is 0 Å². The standard InChI is InChI=1S/C18H18N2O4/c1-12-10-20(11-16(24-12)13-6-3-2-4-7-13)17(21)14-8-5-9-15(19-14)18(22)23/h2-9,12,16H,10-11H2,1H3,(H,22,23). The van der Waals surface area contributed by atoms with Crippen molar-refractivity contribution in [3.8, 4) is 0 Å². The van der Waals surface area contributed by atoms with Crippen LogP contribution in [0.5, 0.6) is 0 Å². The van der Waals surface area contributed by atoms with Gasteiger partial charge >= 0.3 is 5.97 Å². The molecule has 3 rings (SSSR count). The Balaban J connectivity index is 1.81. The molecule has 1 aliphatic rings. The smallest absolute Gasteiger partial charge is 0.354 e. The van der Waals surface area contributed by atoms with Crippen LogP contribution in [0.25, 0.3) is 0 Å². The molecule has 1 N–H and O–H groups in total. The number of carbonyl (C=O) groups excluding carboxylic acids is 1. The van der Waals surface area contributed by atoms with Gasteiger partial charge in [0.2, 0.25) is 0 Å². The zero-order chi connectivity index (χ0) is 17.1. The van der Waals surface area contributed by atoms with Gasteiger partial charge in [0, 0.05) is 6.54 Å². The molecule has 1 aromatic heterocycles. The lowest BCUT2D eigenvalue weighted by Crippen LogP contribution is -2.46. The second-order valence-corrected chi connectivity index (χ2v) is 5.77. The van der Waals surface area contributed by atoms with Gasteiger partial charge in [-0.3, -0.25) is 4.79 Å². The van der Waals surface area contributed by atoms with Crippen LogP contribution in [0.1, 0.15) is 39.6 Å². The Bertz CT molecular complexity index is 748. The van der Waals surface area contributed by atoms with Crippen LogP contribution in [0.4, 0.5) is 0 Å². The number of morpholine rings is 1. The van der Waals surface area contributed by atoms with Gasteiger partial charge in [0.15, 0.2) is 0 Å². The van der Waals surface area contributed by atoms with Crippen LogP contribution in [0.2, 0.25) is 0 Å². The highest BCUT2D eigenvalue weighted by atomic mass is 16.5. The number of benzene rings is 1. The zero-order valence-electron chi connectivity index (χ0n) is 13.3. The third-order valence-corrected chi connectivity index (χ3v) is 3.91. The summed E-state index contributed by atoms with van der Waals surface area (Å²) in [5.41, 5.74) is 1.01. The van der Waals surface area contributed by atoms with Crippen molar-refractivity contribution in [2.45, 2.75) is 19.1 Å². The molecule has 1 aliphatic heterocycles. The van der Waals surface area contributed by atoms with Crippen molar-refractivity contribution in [1.29, 1.82) is 0 Å². The normalized spacial score (nSPS) is 20.6. The summed E-state index contributed by atoms with van der Waals surface area (Å²) >= 11 is 0. The van der Waals surface area contributed by atoms with Gasteiger partial charge in [-0.2, -0.15) is 0 Å². The molecule has 1 amide bonds. The van der Waals surface area contributed by atoms with Crippen molar-refractivity contribution in [3.63, 3.8) is 0 Å². The van der Waals surface area contributed by atoms with Crippen molar-refractivity contribution < 1.29 is 19.4 Å². The number of rotatable bonds is 3. The van der Waals surface area contributed by atoms with E-state index < -0.39 is 5.97 Å². The average Bonchev–Trinajstić information content (AvgIpc) is 2.61. The molecule has 124 valence electrons. The molecular weight excluding hydrogens is 308 g/mol. The first-order valence-corrected chi connectivity index (χ1v) is 7.74. The van der Waals surface area contributed by atoms with Crippen LogP contribution >= 0.6 is 0 Å². The van der Waals surface area contributed by atoms with Crippen LogP contribution < -0.4 is 0 Å². The van der Waals surface area contributed by atoms with Crippen LogP contribution in [-0.4, -0.2) is 46.1 Å². The Morgan fingerprint density at radius 1 is 1.08 bits per heavy atom. The lowest BCUT2D eigenvalue weighted by molar-refractivity contribution is -0.0693. The van der Waals surface area contributed by atoms with E-state index in [4.69, 9.17) is 9.84 Å². The number of aromatic nitrogens is 1. The number of nitrogens with zero attached hydrogens (tertiary/aromatic N) is 2. The molecule has 2 unspecified atom stereocenters. The van der Waals surface area contributed by atoms with Gasteiger partial charge in [0.25, 0.3) is 5.91 Å². The van der Waals surface area contributed by atoms with E-state index in [2.05, 4.69) is 4.98 Å². The van der Waals surface area contributed by atoms with Crippen LogP contribution in [0.15, 0.2) is 48.5 Å². The minimum atomic E-state index is -1.15. The summed E-state index contributed by atoms with van der Waals surface area (Å²) in [7, 11) is 0. The molecule has 1 aromatic carbocycles. The number of carboxylic acids is 1. The monoisotopic (exact) mass is 326 g/mol. The van der Waals surface area contributed by atoms with E-state index in [-0.39, 0.29) is 29.5 Å². The Hall–Kier alpha value is -2.73. The minimum Gasteiger partial charge on any atom is -0.477 e. The van der Waals surface area contributed by atoms with Crippen molar-refractivity contribution in [3.05, 3.63) is 65.5 Å². The molecule has 2 atom stereocenters.